The first-order valence-electron chi connectivity index (χ1n) is 7.65. The van der Waals surface area contributed by atoms with E-state index in [1.165, 1.54) is 23.1 Å². The molecule has 0 bridgehead atoms. The number of halogens is 1. The lowest BCUT2D eigenvalue weighted by Crippen LogP contribution is -2.46. The molecule has 1 aromatic rings. The number of piperidine rings is 1. The minimum atomic E-state index is -0.612. The van der Waals surface area contributed by atoms with Gasteiger partial charge in [0.25, 0.3) is 11.6 Å². The van der Waals surface area contributed by atoms with Crippen LogP contribution in [0.4, 0.5) is 5.69 Å². The maximum Gasteiger partial charge on any atom is 0.282 e. The van der Waals surface area contributed by atoms with Gasteiger partial charge in [-0.3, -0.25) is 19.7 Å². The molecule has 2 rings (SSSR count). The van der Waals surface area contributed by atoms with Gasteiger partial charge in [-0.25, -0.2) is 0 Å². The number of carbonyl (C=O) groups excluding carboxylic acids is 2. The van der Waals surface area contributed by atoms with Crippen molar-refractivity contribution < 1.29 is 14.5 Å². The third-order valence-electron chi connectivity index (χ3n) is 3.91. The minimum absolute atomic E-state index is 0.0597. The van der Waals surface area contributed by atoms with Crippen molar-refractivity contribution in [1.82, 2.24) is 10.2 Å². The fraction of sp³-hybridized carbons (Fsp3) is 0.467. The zero-order valence-corrected chi connectivity index (χ0v) is 13.8. The van der Waals surface area contributed by atoms with Crippen LogP contribution in [0.25, 0.3) is 0 Å². The molecule has 8 nitrogen and oxygen atoms in total. The Kier molecular flexibility index (Phi) is 6.10. The first kappa shape index (κ1) is 18.2. The zero-order valence-electron chi connectivity index (χ0n) is 13.0. The molecule has 1 heterocycles. The van der Waals surface area contributed by atoms with Crippen molar-refractivity contribution >= 4 is 29.1 Å². The van der Waals surface area contributed by atoms with E-state index in [-0.39, 0.29) is 34.6 Å². The van der Waals surface area contributed by atoms with Crippen LogP contribution in [-0.4, -0.2) is 47.8 Å². The quantitative estimate of drug-likeness (QED) is 0.607. The summed E-state index contributed by atoms with van der Waals surface area (Å²) in [4.78, 5) is 36.7. The highest BCUT2D eigenvalue weighted by atomic mass is 35.5. The van der Waals surface area contributed by atoms with E-state index in [2.05, 4.69) is 5.32 Å². The molecule has 1 atom stereocenters. The van der Waals surface area contributed by atoms with Gasteiger partial charge in [0.05, 0.1) is 10.8 Å². The van der Waals surface area contributed by atoms with E-state index in [9.17, 15) is 19.7 Å². The Morgan fingerprint density at radius 2 is 2.21 bits per heavy atom. The largest absolute Gasteiger partial charge is 0.355 e. The number of nitrogens with two attached hydrogens (primary N) is 1. The molecular weight excluding hydrogens is 336 g/mol. The fourth-order valence-corrected chi connectivity index (χ4v) is 2.90. The lowest BCUT2D eigenvalue weighted by atomic mass is 9.96. The van der Waals surface area contributed by atoms with Crippen LogP contribution in [0.1, 0.15) is 23.2 Å². The normalized spacial score (nSPS) is 17.4. The predicted molar refractivity (Wildman–Crippen MR) is 88.8 cm³/mol. The highest BCUT2D eigenvalue weighted by Gasteiger charge is 2.31. The van der Waals surface area contributed by atoms with E-state index in [0.717, 1.165) is 0 Å². The molecule has 0 saturated carbocycles. The number of nitrogens with one attached hydrogen (secondary N) is 1. The average Bonchev–Trinajstić information content (AvgIpc) is 2.58. The third kappa shape index (κ3) is 4.21. The summed E-state index contributed by atoms with van der Waals surface area (Å²) in [7, 11) is 0. The van der Waals surface area contributed by atoms with Gasteiger partial charge in [-0.1, -0.05) is 11.6 Å². The van der Waals surface area contributed by atoms with Gasteiger partial charge in [0.1, 0.15) is 5.56 Å². The molecule has 1 fully saturated rings. The SMILES string of the molecule is NCCNC(=O)C1CCCN(C(=O)c2cc(Cl)ccc2[N+](=O)[O-])C1. The Balaban J connectivity index is 2.16. The van der Waals surface area contributed by atoms with Gasteiger partial charge in [0, 0.05) is 37.3 Å². The van der Waals surface area contributed by atoms with Crippen LogP contribution in [-0.2, 0) is 4.79 Å². The number of rotatable bonds is 5. The van der Waals surface area contributed by atoms with Crippen molar-refractivity contribution in [2.75, 3.05) is 26.2 Å². The van der Waals surface area contributed by atoms with Gasteiger partial charge >= 0.3 is 0 Å². The second-order valence-corrected chi connectivity index (χ2v) is 6.03. The molecule has 1 aromatic carbocycles. The summed E-state index contributed by atoms with van der Waals surface area (Å²) in [5, 5.41) is 14.1. The number of likely N-dealkylation sites (tertiary alicyclic amines) is 1. The summed E-state index contributed by atoms with van der Waals surface area (Å²) in [5.74, 6) is -0.980. The van der Waals surface area contributed by atoms with Gasteiger partial charge in [-0.2, -0.15) is 0 Å². The number of hydrogen-bond acceptors (Lipinski definition) is 5. The number of hydrogen-bond donors (Lipinski definition) is 2. The van der Waals surface area contributed by atoms with Crippen LogP contribution >= 0.6 is 11.6 Å². The summed E-state index contributed by atoms with van der Waals surface area (Å²) in [6.07, 6.45) is 1.32. The molecule has 9 heteroatoms. The molecule has 2 amide bonds. The Hall–Kier alpha value is -2.19. The smallest absolute Gasteiger partial charge is 0.282 e. The van der Waals surface area contributed by atoms with E-state index in [4.69, 9.17) is 17.3 Å². The molecule has 3 N–H and O–H groups in total. The Morgan fingerprint density at radius 3 is 2.88 bits per heavy atom. The monoisotopic (exact) mass is 354 g/mol. The topological polar surface area (TPSA) is 119 Å². The van der Waals surface area contributed by atoms with E-state index in [0.29, 0.717) is 32.5 Å². The summed E-state index contributed by atoms with van der Waals surface area (Å²) in [6, 6.07) is 3.88. The van der Waals surface area contributed by atoms with Crippen LogP contribution in [0, 0.1) is 16.0 Å². The van der Waals surface area contributed by atoms with Crippen molar-refractivity contribution in [3.63, 3.8) is 0 Å². The number of amides is 2. The van der Waals surface area contributed by atoms with Gasteiger partial charge in [0.2, 0.25) is 5.91 Å². The summed E-state index contributed by atoms with van der Waals surface area (Å²) < 4.78 is 0. The van der Waals surface area contributed by atoms with E-state index in [1.807, 2.05) is 0 Å². The van der Waals surface area contributed by atoms with Crippen molar-refractivity contribution in [3.8, 4) is 0 Å². The second kappa shape index (κ2) is 8.07. The molecule has 0 radical (unpaired) electrons. The van der Waals surface area contributed by atoms with Gasteiger partial charge < -0.3 is 16.0 Å². The first-order valence-corrected chi connectivity index (χ1v) is 8.03. The van der Waals surface area contributed by atoms with Crippen molar-refractivity contribution in [2.45, 2.75) is 12.8 Å². The van der Waals surface area contributed by atoms with Gasteiger partial charge in [-0.05, 0) is 25.0 Å². The molecule has 1 aliphatic rings. The van der Waals surface area contributed by atoms with Crippen LogP contribution < -0.4 is 11.1 Å². The first-order chi connectivity index (χ1) is 11.4. The van der Waals surface area contributed by atoms with E-state index < -0.39 is 10.8 Å². The summed E-state index contributed by atoms with van der Waals surface area (Å²) >= 11 is 5.87. The zero-order chi connectivity index (χ0) is 17.7. The Bertz CT molecular complexity index is 652. The molecular formula is C15H19ClN4O4. The maximum atomic E-state index is 12.7. The van der Waals surface area contributed by atoms with Crippen LogP contribution in [0.2, 0.25) is 5.02 Å². The molecule has 1 saturated heterocycles. The van der Waals surface area contributed by atoms with E-state index >= 15 is 0 Å². The number of nitro groups is 1. The molecule has 0 aromatic heterocycles. The van der Waals surface area contributed by atoms with Crippen molar-refractivity contribution in [3.05, 3.63) is 38.9 Å². The van der Waals surface area contributed by atoms with Crippen molar-refractivity contribution in [2.24, 2.45) is 11.7 Å². The van der Waals surface area contributed by atoms with Crippen LogP contribution in [0.15, 0.2) is 18.2 Å². The average molecular weight is 355 g/mol. The fourth-order valence-electron chi connectivity index (χ4n) is 2.72. The Morgan fingerprint density at radius 1 is 1.46 bits per heavy atom. The number of nitrogens with zero attached hydrogens (tertiary/aromatic N) is 2. The lowest BCUT2D eigenvalue weighted by Gasteiger charge is -2.32. The summed E-state index contributed by atoms with van der Waals surface area (Å²) in [6.45, 7) is 1.39. The van der Waals surface area contributed by atoms with Crippen molar-refractivity contribution in [1.29, 1.82) is 0 Å². The van der Waals surface area contributed by atoms with E-state index in [1.54, 1.807) is 0 Å². The molecule has 1 aliphatic heterocycles. The molecule has 0 aliphatic carbocycles. The Labute approximate surface area is 144 Å². The number of nitro benzene ring substituents is 1. The molecule has 130 valence electrons. The standard InChI is InChI=1S/C15H19ClN4O4/c16-11-3-4-13(20(23)24)12(8-11)15(22)19-7-1-2-10(9-19)14(21)18-6-5-17/h3-4,8,10H,1-2,5-7,9,17H2,(H,18,21). The van der Waals surface area contributed by atoms with Crippen LogP contribution in [0.3, 0.4) is 0 Å². The molecule has 0 spiro atoms. The lowest BCUT2D eigenvalue weighted by molar-refractivity contribution is -0.385. The molecule has 24 heavy (non-hydrogen) atoms. The summed E-state index contributed by atoms with van der Waals surface area (Å²) in [5.41, 5.74) is 5.01. The van der Waals surface area contributed by atoms with Crippen LogP contribution in [0.5, 0.6) is 0 Å². The second-order valence-electron chi connectivity index (χ2n) is 5.59. The number of benzene rings is 1. The van der Waals surface area contributed by atoms with Gasteiger partial charge in [0.15, 0.2) is 0 Å². The number of carbonyl (C=O) groups is 2. The highest BCUT2D eigenvalue weighted by Crippen LogP contribution is 2.26. The molecule has 1 unspecified atom stereocenters. The minimum Gasteiger partial charge on any atom is -0.355 e. The maximum absolute atomic E-state index is 12.7. The predicted octanol–water partition coefficient (Wildman–Crippen LogP) is 1.18. The van der Waals surface area contributed by atoms with Gasteiger partial charge in [-0.15, -0.1) is 0 Å². The third-order valence-corrected chi connectivity index (χ3v) is 4.14. The highest BCUT2D eigenvalue weighted by molar-refractivity contribution is 6.31.